The van der Waals surface area contributed by atoms with Crippen molar-refractivity contribution in [3.8, 4) is 5.75 Å². The highest BCUT2D eigenvalue weighted by atomic mass is 32.1. The minimum Gasteiger partial charge on any atom is -0.490 e. The van der Waals surface area contributed by atoms with Crippen molar-refractivity contribution in [2.45, 2.75) is 25.3 Å². The van der Waals surface area contributed by atoms with Crippen LogP contribution < -0.4 is 15.4 Å². The molecule has 1 aliphatic rings. The van der Waals surface area contributed by atoms with Crippen molar-refractivity contribution in [2.24, 2.45) is 0 Å². The molecule has 0 saturated heterocycles. The second kappa shape index (κ2) is 7.97. The van der Waals surface area contributed by atoms with Crippen LogP contribution in [0.5, 0.6) is 5.75 Å². The van der Waals surface area contributed by atoms with Gasteiger partial charge in [0.1, 0.15) is 12.4 Å². The number of ether oxygens (including phenoxy) is 1. The van der Waals surface area contributed by atoms with Crippen LogP contribution in [0.1, 0.15) is 30.0 Å². The van der Waals surface area contributed by atoms with Gasteiger partial charge in [-0.05, 0) is 66.9 Å². The average Bonchev–Trinajstić information content (AvgIpc) is 2.61. The molecule has 3 nitrogen and oxygen atoms in total. The maximum Gasteiger partial charge on any atom is 0.171 e. The van der Waals surface area contributed by atoms with Crippen molar-refractivity contribution in [3.63, 3.8) is 0 Å². The molecular formula is C20H22N2OS. The summed E-state index contributed by atoms with van der Waals surface area (Å²) in [5, 5.41) is 7.35. The van der Waals surface area contributed by atoms with Crippen LogP contribution in [0.2, 0.25) is 0 Å². The Bertz CT molecular complexity index is 712. The quantitative estimate of drug-likeness (QED) is 0.616. The standard InChI is InChI=1S/C20H22N2OS/c1-2-14-23-17-12-10-16(11-13-17)21-20(24)22-19-9-5-7-15-6-3-4-8-18(15)19/h2-4,6,8,10-13,19H,1,5,7,9,14H2,(H2,21,22,24)/t19-/m0/s1. The summed E-state index contributed by atoms with van der Waals surface area (Å²) in [4.78, 5) is 0. The molecule has 0 fully saturated rings. The van der Waals surface area contributed by atoms with Gasteiger partial charge in [-0.25, -0.2) is 0 Å². The molecule has 2 aromatic carbocycles. The summed E-state index contributed by atoms with van der Waals surface area (Å²) in [7, 11) is 0. The summed E-state index contributed by atoms with van der Waals surface area (Å²) in [6.07, 6.45) is 5.17. The van der Waals surface area contributed by atoms with Gasteiger partial charge in [0.15, 0.2) is 5.11 Å². The molecule has 0 aromatic heterocycles. The van der Waals surface area contributed by atoms with Gasteiger partial charge < -0.3 is 15.4 Å². The molecule has 24 heavy (non-hydrogen) atoms. The molecule has 0 aliphatic heterocycles. The predicted molar refractivity (Wildman–Crippen MR) is 104 cm³/mol. The van der Waals surface area contributed by atoms with Crippen LogP contribution in [-0.2, 0) is 6.42 Å². The highest BCUT2D eigenvalue weighted by Gasteiger charge is 2.20. The first-order chi connectivity index (χ1) is 11.8. The van der Waals surface area contributed by atoms with Crippen LogP contribution in [0.4, 0.5) is 5.69 Å². The van der Waals surface area contributed by atoms with Gasteiger partial charge in [0, 0.05) is 5.69 Å². The Morgan fingerprint density at radius 1 is 1.21 bits per heavy atom. The lowest BCUT2D eigenvalue weighted by molar-refractivity contribution is 0.363. The van der Waals surface area contributed by atoms with Crippen molar-refractivity contribution in [1.29, 1.82) is 0 Å². The Labute approximate surface area is 148 Å². The maximum absolute atomic E-state index is 5.48. The zero-order valence-electron chi connectivity index (χ0n) is 13.6. The van der Waals surface area contributed by atoms with E-state index in [0.717, 1.165) is 24.3 Å². The minimum atomic E-state index is 0.283. The zero-order valence-corrected chi connectivity index (χ0v) is 14.4. The molecule has 0 unspecified atom stereocenters. The first kappa shape index (κ1) is 16.5. The van der Waals surface area contributed by atoms with Crippen LogP contribution in [-0.4, -0.2) is 11.7 Å². The van der Waals surface area contributed by atoms with Crippen LogP contribution in [0, 0.1) is 0 Å². The van der Waals surface area contributed by atoms with E-state index in [1.54, 1.807) is 6.08 Å². The van der Waals surface area contributed by atoms with Crippen LogP contribution in [0.15, 0.2) is 61.2 Å². The number of anilines is 1. The van der Waals surface area contributed by atoms with E-state index in [2.05, 4.69) is 41.5 Å². The minimum absolute atomic E-state index is 0.283. The summed E-state index contributed by atoms with van der Waals surface area (Å²) in [6, 6.07) is 16.6. The topological polar surface area (TPSA) is 33.3 Å². The fourth-order valence-electron chi connectivity index (χ4n) is 3.02. The highest BCUT2D eigenvalue weighted by molar-refractivity contribution is 7.80. The van der Waals surface area contributed by atoms with Crippen molar-refractivity contribution in [2.75, 3.05) is 11.9 Å². The SMILES string of the molecule is C=CCOc1ccc(NC(=S)N[C@H]2CCCc3ccccc32)cc1. The molecule has 0 heterocycles. The van der Waals surface area contributed by atoms with E-state index < -0.39 is 0 Å². The second-order valence-electron chi connectivity index (χ2n) is 5.87. The third-order valence-corrected chi connectivity index (χ3v) is 4.37. The largest absolute Gasteiger partial charge is 0.490 e. The lowest BCUT2D eigenvalue weighted by Gasteiger charge is -2.27. The molecule has 0 bridgehead atoms. The monoisotopic (exact) mass is 338 g/mol. The summed E-state index contributed by atoms with van der Waals surface area (Å²) >= 11 is 5.48. The molecule has 0 spiro atoms. The van der Waals surface area contributed by atoms with Crippen molar-refractivity contribution < 1.29 is 4.74 Å². The van der Waals surface area contributed by atoms with E-state index in [-0.39, 0.29) is 6.04 Å². The Morgan fingerprint density at radius 3 is 2.79 bits per heavy atom. The number of nitrogens with one attached hydrogen (secondary N) is 2. The van der Waals surface area contributed by atoms with Gasteiger partial charge in [0.05, 0.1) is 6.04 Å². The molecule has 3 rings (SSSR count). The van der Waals surface area contributed by atoms with Gasteiger partial charge in [0.2, 0.25) is 0 Å². The third kappa shape index (κ3) is 4.15. The smallest absolute Gasteiger partial charge is 0.171 e. The predicted octanol–water partition coefficient (Wildman–Crippen LogP) is 4.62. The molecule has 2 N–H and O–H groups in total. The molecule has 1 atom stereocenters. The fourth-order valence-corrected chi connectivity index (χ4v) is 3.28. The zero-order chi connectivity index (χ0) is 16.8. The van der Waals surface area contributed by atoms with Gasteiger partial charge in [-0.1, -0.05) is 36.9 Å². The summed E-state index contributed by atoms with van der Waals surface area (Å²) in [5.74, 6) is 0.820. The molecule has 0 radical (unpaired) electrons. The van der Waals surface area contributed by atoms with Gasteiger partial charge in [0.25, 0.3) is 0 Å². The van der Waals surface area contributed by atoms with E-state index in [9.17, 15) is 0 Å². The Morgan fingerprint density at radius 2 is 2.00 bits per heavy atom. The lowest BCUT2D eigenvalue weighted by Crippen LogP contribution is -2.34. The van der Waals surface area contributed by atoms with Crippen LogP contribution in [0.3, 0.4) is 0 Å². The molecule has 124 valence electrons. The van der Waals surface area contributed by atoms with E-state index in [4.69, 9.17) is 17.0 Å². The molecule has 0 saturated carbocycles. The summed E-state index contributed by atoms with van der Waals surface area (Å²) < 4.78 is 5.48. The normalized spacial score (nSPS) is 15.9. The lowest BCUT2D eigenvalue weighted by atomic mass is 9.88. The number of hydrogen-bond donors (Lipinski definition) is 2. The van der Waals surface area contributed by atoms with E-state index in [1.807, 2.05) is 24.3 Å². The maximum atomic E-state index is 5.48. The van der Waals surface area contributed by atoms with Crippen molar-refractivity contribution >= 4 is 23.0 Å². The molecule has 0 amide bonds. The third-order valence-electron chi connectivity index (χ3n) is 4.15. The Hall–Kier alpha value is -2.33. The number of hydrogen-bond acceptors (Lipinski definition) is 2. The summed E-state index contributed by atoms with van der Waals surface area (Å²) in [6.45, 7) is 4.15. The second-order valence-corrected chi connectivity index (χ2v) is 6.27. The van der Waals surface area contributed by atoms with Gasteiger partial charge >= 0.3 is 0 Å². The van der Waals surface area contributed by atoms with E-state index in [1.165, 1.54) is 17.5 Å². The van der Waals surface area contributed by atoms with Gasteiger partial charge in [-0.3, -0.25) is 0 Å². The Balaban J connectivity index is 1.59. The fraction of sp³-hybridized carbons (Fsp3) is 0.250. The molecular weight excluding hydrogens is 316 g/mol. The number of aryl methyl sites for hydroxylation is 1. The molecule has 2 aromatic rings. The van der Waals surface area contributed by atoms with Gasteiger partial charge in [-0.2, -0.15) is 0 Å². The number of thiocarbonyl (C=S) groups is 1. The van der Waals surface area contributed by atoms with E-state index in [0.29, 0.717) is 11.7 Å². The number of fused-ring (bicyclic) bond motifs is 1. The van der Waals surface area contributed by atoms with Crippen LogP contribution in [0.25, 0.3) is 0 Å². The highest BCUT2D eigenvalue weighted by Crippen LogP contribution is 2.29. The van der Waals surface area contributed by atoms with Crippen LogP contribution >= 0.6 is 12.2 Å². The van der Waals surface area contributed by atoms with E-state index >= 15 is 0 Å². The van der Waals surface area contributed by atoms with Crippen molar-refractivity contribution in [1.82, 2.24) is 5.32 Å². The average molecular weight is 338 g/mol. The first-order valence-corrected chi connectivity index (χ1v) is 8.66. The van der Waals surface area contributed by atoms with Crippen molar-refractivity contribution in [3.05, 3.63) is 72.3 Å². The Kier molecular flexibility index (Phi) is 5.49. The summed E-state index contributed by atoms with van der Waals surface area (Å²) in [5.41, 5.74) is 3.73. The van der Waals surface area contributed by atoms with Gasteiger partial charge in [-0.15, -0.1) is 0 Å². The molecule has 4 heteroatoms. The number of benzene rings is 2. The number of rotatable bonds is 5. The molecule has 1 aliphatic carbocycles. The first-order valence-electron chi connectivity index (χ1n) is 8.25.